The zero-order valence-electron chi connectivity index (χ0n) is 27.9. The maximum absolute atomic E-state index is 6.72. The van der Waals surface area contributed by atoms with Crippen molar-refractivity contribution in [2.24, 2.45) is 9.98 Å². The van der Waals surface area contributed by atoms with Gasteiger partial charge in [0.25, 0.3) is 0 Å². The van der Waals surface area contributed by atoms with Gasteiger partial charge in [-0.25, -0.2) is 9.98 Å². The van der Waals surface area contributed by atoms with Crippen LogP contribution in [0.15, 0.2) is 183 Å². The summed E-state index contributed by atoms with van der Waals surface area (Å²) in [5.41, 5.74) is 8.49. The Balaban J connectivity index is 1.08. The fourth-order valence-electron chi connectivity index (χ4n) is 7.85. The molecular formula is C47H29N3O2. The normalized spacial score (nSPS) is 14.7. The predicted octanol–water partition coefficient (Wildman–Crippen LogP) is 12.0. The van der Waals surface area contributed by atoms with Gasteiger partial charge in [0.2, 0.25) is 0 Å². The molecule has 8 aromatic carbocycles. The number of rotatable bonds is 4. The van der Waals surface area contributed by atoms with Gasteiger partial charge in [-0.2, -0.15) is 0 Å². The highest BCUT2D eigenvalue weighted by molar-refractivity contribution is 6.18. The summed E-state index contributed by atoms with van der Waals surface area (Å²) in [7, 11) is 0. The maximum Gasteiger partial charge on any atom is 0.170 e. The number of hydrogen-bond donors (Lipinski definition) is 1. The van der Waals surface area contributed by atoms with Gasteiger partial charge in [0.1, 0.15) is 34.0 Å². The minimum Gasteiger partial charge on any atom is -0.456 e. The fraction of sp³-hybridized carbons (Fsp3) is 0.0213. The molecule has 0 aliphatic carbocycles. The van der Waals surface area contributed by atoms with E-state index in [4.69, 9.17) is 18.8 Å². The Hall–Kier alpha value is -6.98. The van der Waals surface area contributed by atoms with E-state index >= 15 is 0 Å². The molecule has 1 aliphatic rings. The minimum atomic E-state index is -0.499. The molecule has 1 N–H and O–H groups in total. The van der Waals surface area contributed by atoms with E-state index in [2.05, 4.69) is 121 Å². The van der Waals surface area contributed by atoms with Gasteiger partial charge >= 0.3 is 0 Å². The van der Waals surface area contributed by atoms with Crippen LogP contribution in [0.1, 0.15) is 22.9 Å². The van der Waals surface area contributed by atoms with Crippen molar-refractivity contribution in [1.29, 1.82) is 0 Å². The summed E-state index contributed by atoms with van der Waals surface area (Å²) in [4.78, 5) is 10.5. The van der Waals surface area contributed by atoms with E-state index in [1.54, 1.807) is 0 Å². The van der Waals surface area contributed by atoms with Crippen molar-refractivity contribution >= 4 is 77.1 Å². The Kier molecular flexibility index (Phi) is 6.25. The molecule has 1 atom stereocenters. The summed E-state index contributed by atoms with van der Waals surface area (Å²) in [6, 6.07) is 56.9. The van der Waals surface area contributed by atoms with Crippen molar-refractivity contribution in [3.8, 4) is 11.1 Å². The highest BCUT2D eigenvalue weighted by Gasteiger charge is 2.25. The van der Waals surface area contributed by atoms with E-state index in [0.29, 0.717) is 0 Å². The first-order valence-corrected chi connectivity index (χ1v) is 17.5. The molecule has 52 heavy (non-hydrogen) atoms. The molecule has 11 rings (SSSR count). The zero-order valence-corrected chi connectivity index (χ0v) is 27.9. The van der Waals surface area contributed by atoms with Gasteiger partial charge in [-0.1, -0.05) is 133 Å². The lowest BCUT2D eigenvalue weighted by Crippen LogP contribution is -2.36. The minimum absolute atomic E-state index is 0.499. The molecule has 0 amide bonds. The average molecular weight is 668 g/mol. The second kappa shape index (κ2) is 11.3. The van der Waals surface area contributed by atoms with Gasteiger partial charge in [0, 0.05) is 43.8 Å². The molecule has 244 valence electrons. The van der Waals surface area contributed by atoms with Crippen LogP contribution in [0.25, 0.3) is 76.5 Å². The van der Waals surface area contributed by atoms with Crippen molar-refractivity contribution < 1.29 is 8.83 Å². The lowest BCUT2D eigenvalue weighted by atomic mass is 9.98. The first-order valence-electron chi connectivity index (χ1n) is 17.5. The largest absolute Gasteiger partial charge is 0.456 e. The maximum atomic E-state index is 6.72. The Bertz CT molecular complexity index is 3110. The number of amidine groups is 2. The number of furan rings is 2. The van der Waals surface area contributed by atoms with E-state index in [0.717, 1.165) is 88.8 Å². The second-order valence-corrected chi connectivity index (χ2v) is 13.4. The number of aliphatic imine (C=N–C) groups is 2. The molecule has 10 aromatic rings. The number of nitrogens with one attached hydrogen (secondary N) is 1. The summed E-state index contributed by atoms with van der Waals surface area (Å²) < 4.78 is 12.8. The van der Waals surface area contributed by atoms with Crippen LogP contribution in [-0.2, 0) is 0 Å². The Labute approximate surface area is 298 Å². The molecule has 1 aliphatic heterocycles. The molecular weight excluding hydrogens is 639 g/mol. The van der Waals surface area contributed by atoms with Gasteiger partial charge in [-0.05, 0) is 57.4 Å². The zero-order chi connectivity index (χ0) is 34.2. The number of benzene rings is 8. The molecule has 3 heterocycles. The molecule has 0 spiro atoms. The highest BCUT2D eigenvalue weighted by Crippen LogP contribution is 2.42. The summed E-state index contributed by atoms with van der Waals surface area (Å²) >= 11 is 0. The van der Waals surface area contributed by atoms with E-state index in [1.807, 2.05) is 48.5 Å². The molecule has 0 bridgehead atoms. The first kappa shape index (κ1) is 28.8. The Morgan fingerprint density at radius 1 is 0.423 bits per heavy atom. The average Bonchev–Trinajstić information content (AvgIpc) is 3.79. The number of nitrogens with zero attached hydrogens (tertiary/aromatic N) is 2. The molecule has 0 radical (unpaired) electrons. The van der Waals surface area contributed by atoms with Crippen molar-refractivity contribution in [1.82, 2.24) is 5.32 Å². The topological polar surface area (TPSA) is 63.0 Å². The van der Waals surface area contributed by atoms with Gasteiger partial charge in [-0.15, -0.1) is 0 Å². The third-order valence-electron chi connectivity index (χ3n) is 10.3. The van der Waals surface area contributed by atoms with Crippen LogP contribution in [0, 0.1) is 0 Å². The molecule has 5 nitrogen and oxygen atoms in total. The van der Waals surface area contributed by atoms with Gasteiger partial charge in [0.05, 0.1) is 0 Å². The third-order valence-corrected chi connectivity index (χ3v) is 10.3. The van der Waals surface area contributed by atoms with Crippen LogP contribution in [0.3, 0.4) is 0 Å². The van der Waals surface area contributed by atoms with Crippen molar-refractivity contribution in [3.63, 3.8) is 0 Å². The van der Waals surface area contributed by atoms with Crippen molar-refractivity contribution in [2.45, 2.75) is 6.17 Å². The SMILES string of the molecule is c1ccc(C2=NC(c3cccc4oc5c(-c6ccc7oc8ccccc8c7c6)cccc5c34)N=C(c3ccc4c(ccc5ccccc54)c3)N2)cc1. The predicted molar refractivity (Wildman–Crippen MR) is 213 cm³/mol. The number of hydrogen-bond acceptors (Lipinski definition) is 5. The van der Waals surface area contributed by atoms with Crippen LogP contribution in [0.2, 0.25) is 0 Å². The summed E-state index contributed by atoms with van der Waals surface area (Å²) in [5.74, 6) is 1.56. The highest BCUT2D eigenvalue weighted by atomic mass is 16.3. The van der Waals surface area contributed by atoms with Crippen molar-refractivity contribution in [3.05, 3.63) is 180 Å². The summed E-state index contributed by atoms with van der Waals surface area (Å²) in [6.07, 6.45) is -0.499. The monoisotopic (exact) mass is 667 g/mol. The molecule has 0 saturated heterocycles. The molecule has 1 unspecified atom stereocenters. The summed E-state index contributed by atoms with van der Waals surface area (Å²) in [6.45, 7) is 0. The van der Waals surface area contributed by atoms with Crippen LogP contribution < -0.4 is 5.32 Å². The van der Waals surface area contributed by atoms with Crippen LogP contribution >= 0.6 is 0 Å². The van der Waals surface area contributed by atoms with E-state index in [1.165, 1.54) is 16.2 Å². The van der Waals surface area contributed by atoms with Gasteiger partial charge < -0.3 is 14.2 Å². The van der Waals surface area contributed by atoms with E-state index in [9.17, 15) is 0 Å². The molecule has 0 fully saturated rings. The van der Waals surface area contributed by atoms with E-state index < -0.39 is 6.17 Å². The van der Waals surface area contributed by atoms with Gasteiger partial charge in [-0.3, -0.25) is 0 Å². The third kappa shape index (κ3) is 4.49. The lowest BCUT2D eigenvalue weighted by molar-refractivity contribution is 0.667. The fourth-order valence-corrected chi connectivity index (χ4v) is 7.85. The lowest BCUT2D eigenvalue weighted by Gasteiger charge is -2.23. The van der Waals surface area contributed by atoms with E-state index in [-0.39, 0.29) is 0 Å². The van der Waals surface area contributed by atoms with Crippen LogP contribution in [-0.4, -0.2) is 11.7 Å². The second-order valence-electron chi connectivity index (χ2n) is 13.4. The number of fused-ring (bicyclic) bond motifs is 9. The standard InChI is InChI=1S/C47H29N3O2/c1-2-11-29(12-3-1)45-48-46(32-22-24-34-30(26-32)21-20-28-10-4-5-13-33(28)34)50-47(49-45)38-17-9-19-42-43(38)37-16-8-15-35(44(37)52-42)31-23-25-41-39(27-31)36-14-6-7-18-40(36)51-41/h1-27,47H,(H,48,49,50). The van der Waals surface area contributed by atoms with Crippen LogP contribution in [0.5, 0.6) is 0 Å². The molecule has 0 saturated carbocycles. The first-order chi connectivity index (χ1) is 25.7. The van der Waals surface area contributed by atoms with Gasteiger partial charge in [0.15, 0.2) is 6.17 Å². The Morgan fingerprint density at radius 3 is 2.04 bits per heavy atom. The Morgan fingerprint density at radius 2 is 1.12 bits per heavy atom. The quantitative estimate of drug-likeness (QED) is 0.190. The number of para-hydroxylation sites is 2. The van der Waals surface area contributed by atoms with Crippen molar-refractivity contribution in [2.75, 3.05) is 0 Å². The smallest absolute Gasteiger partial charge is 0.170 e. The molecule has 5 heteroatoms. The molecule has 2 aromatic heterocycles. The summed E-state index contributed by atoms with van der Waals surface area (Å²) in [5, 5.41) is 12.7. The van der Waals surface area contributed by atoms with Crippen LogP contribution in [0.4, 0.5) is 0 Å².